The molecule has 2 N–H and O–H groups in total. The zero-order valence-electron chi connectivity index (χ0n) is 10.3. The summed E-state index contributed by atoms with van der Waals surface area (Å²) in [7, 11) is -0.627. The van der Waals surface area contributed by atoms with E-state index in [2.05, 4.69) is 24.0 Å². The Labute approximate surface area is 105 Å². The van der Waals surface area contributed by atoms with E-state index in [0.29, 0.717) is 0 Å². The van der Waals surface area contributed by atoms with E-state index in [1.54, 1.807) is 0 Å². The molecule has 17 heavy (non-hydrogen) atoms. The van der Waals surface area contributed by atoms with Crippen LogP contribution in [0.4, 0.5) is 5.69 Å². The highest BCUT2D eigenvalue weighted by molar-refractivity contribution is 7.85. The van der Waals surface area contributed by atoms with Crippen molar-refractivity contribution in [2.75, 3.05) is 29.5 Å². The summed E-state index contributed by atoms with van der Waals surface area (Å²) in [5.41, 5.74) is 8.57. The molecule has 1 atom stereocenters. The highest BCUT2D eigenvalue weighted by Gasteiger charge is 2.19. The molecule has 0 aliphatic carbocycles. The van der Waals surface area contributed by atoms with Gasteiger partial charge in [-0.3, -0.25) is 4.21 Å². The Hall–Kier alpha value is -0.870. The predicted molar refractivity (Wildman–Crippen MR) is 73.8 cm³/mol. The van der Waals surface area contributed by atoms with Gasteiger partial charge in [0, 0.05) is 47.1 Å². The number of nitrogens with zero attached hydrogens (tertiary/aromatic N) is 1. The van der Waals surface area contributed by atoms with Crippen molar-refractivity contribution in [1.29, 1.82) is 0 Å². The first-order valence-electron chi connectivity index (χ1n) is 6.16. The first-order valence-corrected chi connectivity index (χ1v) is 7.65. The maximum Gasteiger partial charge on any atom is 0.0415 e. The van der Waals surface area contributed by atoms with Crippen molar-refractivity contribution in [2.45, 2.75) is 19.4 Å². The molecule has 4 heteroatoms. The minimum Gasteiger partial charge on any atom is -0.369 e. The first kappa shape index (κ1) is 12.6. The van der Waals surface area contributed by atoms with Gasteiger partial charge >= 0.3 is 0 Å². The second-order valence-electron chi connectivity index (χ2n) is 4.41. The fraction of sp³-hybridized carbons (Fsp3) is 0.538. The van der Waals surface area contributed by atoms with Gasteiger partial charge in [-0.05, 0) is 18.1 Å². The maximum absolute atomic E-state index is 11.4. The summed E-state index contributed by atoms with van der Waals surface area (Å²) in [5, 5.41) is 0. The summed E-state index contributed by atoms with van der Waals surface area (Å²) < 4.78 is 11.4. The number of hydrogen-bond acceptors (Lipinski definition) is 3. The van der Waals surface area contributed by atoms with E-state index >= 15 is 0 Å². The smallest absolute Gasteiger partial charge is 0.0415 e. The summed E-state index contributed by atoms with van der Waals surface area (Å²) in [6.45, 7) is 3.85. The van der Waals surface area contributed by atoms with Crippen molar-refractivity contribution >= 4 is 16.5 Å². The number of hydrogen-bond donors (Lipinski definition) is 1. The number of rotatable bonds is 3. The van der Waals surface area contributed by atoms with Gasteiger partial charge in [-0.25, -0.2) is 0 Å². The van der Waals surface area contributed by atoms with Crippen molar-refractivity contribution in [3.8, 4) is 0 Å². The maximum atomic E-state index is 11.4. The largest absolute Gasteiger partial charge is 0.369 e. The zero-order chi connectivity index (χ0) is 12.3. The molecule has 2 rings (SSSR count). The Morgan fingerprint density at radius 1 is 1.35 bits per heavy atom. The molecule has 0 amide bonds. The van der Waals surface area contributed by atoms with E-state index < -0.39 is 10.8 Å². The molecule has 1 aromatic rings. The highest BCUT2D eigenvalue weighted by atomic mass is 32.2. The number of nitrogens with two attached hydrogens (primary N) is 1. The van der Waals surface area contributed by atoms with Crippen molar-refractivity contribution in [2.24, 2.45) is 5.73 Å². The SMILES string of the molecule is CC[C@H](N)c1ccccc1N1CCS(=O)CC1. The molecule has 1 saturated heterocycles. The minimum absolute atomic E-state index is 0.0959. The Morgan fingerprint density at radius 3 is 2.65 bits per heavy atom. The average molecular weight is 252 g/mol. The van der Waals surface area contributed by atoms with Gasteiger partial charge in [-0.1, -0.05) is 25.1 Å². The second kappa shape index (κ2) is 5.65. The van der Waals surface area contributed by atoms with Gasteiger partial charge < -0.3 is 10.6 Å². The molecular weight excluding hydrogens is 232 g/mol. The number of benzene rings is 1. The molecule has 0 spiro atoms. The molecule has 0 saturated carbocycles. The van der Waals surface area contributed by atoms with Crippen molar-refractivity contribution in [1.82, 2.24) is 0 Å². The summed E-state index contributed by atoms with van der Waals surface area (Å²) in [5.74, 6) is 1.55. The molecule has 94 valence electrons. The number of para-hydroxylation sites is 1. The third-order valence-corrected chi connectivity index (χ3v) is 4.57. The van der Waals surface area contributed by atoms with Gasteiger partial charge in [0.1, 0.15) is 0 Å². The molecule has 0 aromatic heterocycles. The molecule has 1 fully saturated rings. The van der Waals surface area contributed by atoms with Crippen LogP contribution in [-0.2, 0) is 10.8 Å². The highest BCUT2D eigenvalue weighted by Crippen LogP contribution is 2.27. The van der Waals surface area contributed by atoms with Gasteiger partial charge in [0.05, 0.1) is 0 Å². The molecule has 0 radical (unpaired) electrons. The van der Waals surface area contributed by atoms with Crippen LogP contribution in [0.15, 0.2) is 24.3 Å². The van der Waals surface area contributed by atoms with Crippen LogP contribution in [0.2, 0.25) is 0 Å². The molecular formula is C13H20N2OS. The first-order chi connectivity index (χ1) is 8.22. The Kier molecular flexibility index (Phi) is 4.18. The van der Waals surface area contributed by atoms with Crippen LogP contribution in [0.1, 0.15) is 24.9 Å². The second-order valence-corrected chi connectivity index (χ2v) is 6.10. The van der Waals surface area contributed by atoms with Crippen LogP contribution in [0, 0.1) is 0 Å². The Balaban J connectivity index is 2.22. The van der Waals surface area contributed by atoms with E-state index in [-0.39, 0.29) is 6.04 Å². The summed E-state index contributed by atoms with van der Waals surface area (Å²) in [4.78, 5) is 2.31. The molecule has 1 heterocycles. The van der Waals surface area contributed by atoms with Crippen LogP contribution >= 0.6 is 0 Å². The molecule has 1 aliphatic rings. The van der Waals surface area contributed by atoms with Gasteiger partial charge in [-0.15, -0.1) is 0 Å². The van der Waals surface area contributed by atoms with Crippen LogP contribution in [0.3, 0.4) is 0 Å². The van der Waals surface area contributed by atoms with Crippen LogP contribution in [0.5, 0.6) is 0 Å². The summed E-state index contributed by atoms with van der Waals surface area (Å²) in [6.07, 6.45) is 0.941. The lowest BCUT2D eigenvalue weighted by Gasteiger charge is -2.31. The van der Waals surface area contributed by atoms with Crippen LogP contribution < -0.4 is 10.6 Å². The van der Waals surface area contributed by atoms with Crippen molar-refractivity contribution in [3.05, 3.63) is 29.8 Å². The van der Waals surface area contributed by atoms with E-state index in [1.165, 1.54) is 11.3 Å². The van der Waals surface area contributed by atoms with E-state index in [0.717, 1.165) is 31.0 Å². The topological polar surface area (TPSA) is 46.3 Å². The van der Waals surface area contributed by atoms with Gasteiger partial charge in [-0.2, -0.15) is 0 Å². The Morgan fingerprint density at radius 2 is 2.00 bits per heavy atom. The van der Waals surface area contributed by atoms with Crippen LogP contribution in [0.25, 0.3) is 0 Å². The van der Waals surface area contributed by atoms with Gasteiger partial charge in [0.15, 0.2) is 0 Å². The summed E-state index contributed by atoms with van der Waals surface area (Å²) >= 11 is 0. The summed E-state index contributed by atoms with van der Waals surface area (Å²) in [6, 6.07) is 8.41. The lowest BCUT2D eigenvalue weighted by Crippen LogP contribution is -2.38. The van der Waals surface area contributed by atoms with Crippen molar-refractivity contribution in [3.63, 3.8) is 0 Å². The standard InChI is InChI=1S/C13H20N2OS/c1-2-12(14)11-5-3-4-6-13(11)15-7-9-17(16)10-8-15/h3-6,12H,2,7-10,14H2,1H3/t12-/m0/s1. The molecule has 0 unspecified atom stereocenters. The normalized spacial score (nSPS) is 19.3. The van der Waals surface area contributed by atoms with Crippen LogP contribution in [-0.4, -0.2) is 28.8 Å². The van der Waals surface area contributed by atoms with Gasteiger partial charge in [0.2, 0.25) is 0 Å². The molecule has 1 aromatic carbocycles. The van der Waals surface area contributed by atoms with E-state index in [1.807, 2.05) is 12.1 Å². The fourth-order valence-electron chi connectivity index (χ4n) is 2.19. The molecule has 1 aliphatic heterocycles. The molecule has 3 nitrogen and oxygen atoms in total. The lowest BCUT2D eigenvalue weighted by molar-refractivity contribution is 0.669. The third-order valence-electron chi connectivity index (χ3n) is 3.29. The minimum atomic E-state index is -0.627. The van der Waals surface area contributed by atoms with Crippen molar-refractivity contribution < 1.29 is 4.21 Å². The lowest BCUT2D eigenvalue weighted by atomic mass is 10.0. The zero-order valence-corrected chi connectivity index (χ0v) is 11.1. The third kappa shape index (κ3) is 2.87. The number of anilines is 1. The predicted octanol–water partition coefficient (Wildman–Crippen LogP) is 1.67. The fourth-order valence-corrected chi connectivity index (χ4v) is 3.24. The average Bonchev–Trinajstić information content (AvgIpc) is 2.39. The van der Waals surface area contributed by atoms with Gasteiger partial charge in [0.25, 0.3) is 0 Å². The molecule has 0 bridgehead atoms. The quantitative estimate of drug-likeness (QED) is 0.890. The Bertz CT molecular complexity index is 398. The monoisotopic (exact) mass is 252 g/mol. The van der Waals surface area contributed by atoms with E-state index in [4.69, 9.17) is 5.73 Å². The van der Waals surface area contributed by atoms with E-state index in [9.17, 15) is 4.21 Å².